The molecular weight excluding hydrogens is 468 g/mol. The molecule has 0 amide bonds. The SMILES string of the molecule is CCCS(=O)(=O)NC[C@H](O)[C@@H](N)C[C@H](Cc1ccc(OC)c(OCCCOC)c1)C(C)C.Cl. The van der Waals surface area contributed by atoms with E-state index in [1.165, 1.54) is 0 Å². The van der Waals surface area contributed by atoms with Gasteiger partial charge >= 0.3 is 0 Å². The molecule has 0 saturated carbocycles. The van der Waals surface area contributed by atoms with E-state index in [9.17, 15) is 13.5 Å². The molecule has 33 heavy (non-hydrogen) atoms. The van der Waals surface area contributed by atoms with Crippen LogP contribution in [0.5, 0.6) is 11.5 Å². The van der Waals surface area contributed by atoms with Gasteiger partial charge in [0.1, 0.15) is 0 Å². The van der Waals surface area contributed by atoms with Crippen molar-refractivity contribution < 1.29 is 27.7 Å². The van der Waals surface area contributed by atoms with E-state index in [1.807, 2.05) is 18.2 Å². The molecule has 0 radical (unpaired) electrons. The highest BCUT2D eigenvalue weighted by atomic mass is 35.5. The van der Waals surface area contributed by atoms with Crippen LogP contribution >= 0.6 is 12.4 Å². The highest BCUT2D eigenvalue weighted by Crippen LogP contribution is 2.31. The van der Waals surface area contributed by atoms with E-state index in [0.29, 0.717) is 43.5 Å². The molecule has 0 heterocycles. The number of hydrogen-bond acceptors (Lipinski definition) is 7. The molecule has 0 spiro atoms. The number of halogens is 1. The number of aliphatic hydroxyl groups excluding tert-OH is 1. The molecule has 8 nitrogen and oxygen atoms in total. The molecule has 1 aromatic rings. The Morgan fingerprint density at radius 2 is 1.85 bits per heavy atom. The van der Waals surface area contributed by atoms with Crippen molar-refractivity contribution in [2.45, 2.75) is 58.6 Å². The fourth-order valence-electron chi connectivity index (χ4n) is 3.45. The van der Waals surface area contributed by atoms with Crippen molar-refractivity contribution in [1.29, 1.82) is 0 Å². The molecule has 0 fully saturated rings. The molecule has 0 aliphatic carbocycles. The lowest BCUT2D eigenvalue weighted by Crippen LogP contribution is -2.45. The van der Waals surface area contributed by atoms with Crippen LogP contribution < -0.4 is 19.9 Å². The summed E-state index contributed by atoms with van der Waals surface area (Å²) in [5, 5.41) is 10.4. The third kappa shape index (κ3) is 12.2. The van der Waals surface area contributed by atoms with Crippen LogP contribution in [0.3, 0.4) is 0 Å². The zero-order chi connectivity index (χ0) is 24.1. The van der Waals surface area contributed by atoms with Gasteiger partial charge in [-0.05, 0) is 48.8 Å². The average molecular weight is 511 g/mol. The maximum absolute atomic E-state index is 11.8. The molecule has 194 valence electrons. The number of hydrogen-bond donors (Lipinski definition) is 3. The first kappa shape index (κ1) is 31.9. The van der Waals surface area contributed by atoms with Gasteiger partial charge in [-0.1, -0.05) is 26.8 Å². The number of nitrogens with two attached hydrogens (primary N) is 1. The smallest absolute Gasteiger partial charge is 0.211 e. The second-order valence-electron chi connectivity index (χ2n) is 8.52. The molecule has 0 aliphatic rings. The molecule has 1 rings (SSSR count). The first-order chi connectivity index (χ1) is 15.1. The molecule has 4 N–H and O–H groups in total. The summed E-state index contributed by atoms with van der Waals surface area (Å²) >= 11 is 0. The van der Waals surface area contributed by atoms with Crippen molar-refractivity contribution in [2.24, 2.45) is 17.6 Å². The minimum Gasteiger partial charge on any atom is -0.493 e. The van der Waals surface area contributed by atoms with Crippen molar-refractivity contribution in [1.82, 2.24) is 4.72 Å². The molecule has 0 bridgehead atoms. The van der Waals surface area contributed by atoms with Crippen LogP contribution in [0.25, 0.3) is 0 Å². The summed E-state index contributed by atoms with van der Waals surface area (Å²) in [7, 11) is -0.0997. The Morgan fingerprint density at radius 1 is 1.15 bits per heavy atom. The molecular formula is C23H43ClN2O6S. The van der Waals surface area contributed by atoms with E-state index >= 15 is 0 Å². The first-order valence-corrected chi connectivity index (χ1v) is 13.0. The standard InChI is InChI=1S/C23H42N2O6S.ClH/c1-6-12-32(27,28)25-16-21(26)20(24)15-19(17(2)3)13-18-8-9-22(30-5)23(14-18)31-11-7-10-29-4;/h8-9,14,17,19-21,25-26H,6-7,10-13,15-16,24H2,1-5H3;1H/t19-,20-,21-;/m0./s1. The Kier molecular flexibility index (Phi) is 16.0. The maximum Gasteiger partial charge on any atom is 0.211 e. The Hall–Kier alpha value is -1.10. The number of sulfonamides is 1. The number of rotatable bonds is 17. The van der Waals surface area contributed by atoms with E-state index in [4.69, 9.17) is 19.9 Å². The molecule has 0 aliphatic heterocycles. The molecule has 0 aromatic heterocycles. The maximum atomic E-state index is 11.8. The molecule has 10 heteroatoms. The fraction of sp³-hybridized carbons (Fsp3) is 0.739. The lowest BCUT2D eigenvalue weighted by molar-refractivity contribution is 0.129. The van der Waals surface area contributed by atoms with Crippen molar-refractivity contribution in [2.75, 3.05) is 39.7 Å². The van der Waals surface area contributed by atoms with Gasteiger partial charge in [0, 0.05) is 32.7 Å². The lowest BCUT2D eigenvalue weighted by atomic mass is 9.83. The summed E-state index contributed by atoms with van der Waals surface area (Å²) in [6.07, 6.45) is 1.70. The van der Waals surface area contributed by atoms with Gasteiger partial charge in [0.2, 0.25) is 10.0 Å². The van der Waals surface area contributed by atoms with Crippen LogP contribution in [0, 0.1) is 11.8 Å². The van der Waals surface area contributed by atoms with Crippen LogP contribution in [0.15, 0.2) is 18.2 Å². The predicted molar refractivity (Wildman–Crippen MR) is 135 cm³/mol. The van der Waals surface area contributed by atoms with Crippen molar-refractivity contribution >= 4 is 22.4 Å². The third-order valence-corrected chi connectivity index (χ3v) is 7.03. The average Bonchev–Trinajstić information content (AvgIpc) is 2.74. The van der Waals surface area contributed by atoms with Crippen LogP contribution in [0.2, 0.25) is 0 Å². The monoisotopic (exact) mass is 510 g/mol. The van der Waals surface area contributed by atoms with Gasteiger partial charge in [-0.25, -0.2) is 13.1 Å². The summed E-state index contributed by atoms with van der Waals surface area (Å²) in [5.74, 6) is 1.95. The van der Waals surface area contributed by atoms with Gasteiger partial charge < -0.3 is 25.1 Å². The number of benzene rings is 1. The molecule has 0 saturated heterocycles. The van der Waals surface area contributed by atoms with Gasteiger partial charge in [0.05, 0.1) is 25.6 Å². The Morgan fingerprint density at radius 3 is 2.42 bits per heavy atom. The first-order valence-electron chi connectivity index (χ1n) is 11.3. The second kappa shape index (κ2) is 16.5. The third-order valence-electron chi connectivity index (χ3n) is 5.47. The fourth-order valence-corrected chi connectivity index (χ4v) is 4.56. The topological polar surface area (TPSA) is 120 Å². The zero-order valence-electron chi connectivity index (χ0n) is 20.6. The van der Waals surface area contributed by atoms with Gasteiger partial charge in [-0.3, -0.25) is 0 Å². The summed E-state index contributed by atoms with van der Waals surface area (Å²) in [5.41, 5.74) is 7.34. The van der Waals surface area contributed by atoms with Gasteiger partial charge in [-0.2, -0.15) is 0 Å². The normalized spacial score (nSPS) is 14.4. The largest absolute Gasteiger partial charge is 0.493 e. The van der Waals surface area contributed by atoms with Gasteiger partial charge in [0.15, 0.2) is 11.5 Å². The number of methoxy groups -OCH3 is 2. The summed E-state index contributed by atoms with van der Waals surface area (Å²) in [6.45, 7) is 7.14. The molecule has 3 atom stereocenters. The number of aliphatic hydroxyl groups is 1. The number of nitrogens with one attached hydrogen (secondary N) is 1. The van der Waals surface area contributed by atoms with E-state index < -0.39 is 22.2 Å². The molecule has 0 unspecified atom stereocenters. The van der Waals surface area contributed by atoms with Crippen LogP contribution in [0.4, 0.5) is 0 Å². The zero-order valence-corrected chi connectivity index (χ0v) is 22.2. The minimum absolute atomic E-state index is 0. The predicted octanol–water partition coefficient (Wildman–Crippen LogP) is 2.75. The quantitative estimate of drug-likeness (QED) is 0.275. The summed E-state index contributed by atoms with van der Waals surface area (Å²) in [6, 6.07) is 5.36. The van der Waals surface area contributed by atoms with Crippen molar-refractivity contribution in [3.8, 4) is 11.5 Å². The summed E-state index contributed by atoms with van der Waals surface area (Å²) < 4.78 is 42.5. The van der Waals surface area contributed by atoms with E-state index in [-0.39, 0.29) is 30.6 Å². The van der Waals surface area contributed by atoms with Gasteiger partial charge in [-0.15, -0.1) is 12.4 Å². The van der Waals surface area contributed by atoms with E-state index in [2.05, 4.69) is 18.6 Å². The Balaban J connectivity index is 0.0000102. The van der Waals surface area contributed by atoms with Crippen molar-refractivity contribution in [3.05, 3.63) is 23.8 Å². The van der Waals surface area contributed by atoms with Gasteiger partial charge in [0.25, 0.3) is 0 Å². The van der Waals surface area contributed by atoms with E-state index in [1.54, 1.807) is 21.1 Å². The number of ether oxygens (including phenoxy) is 3. The highest BCUT2D eigenvalue weighted by Gasteiger charge is 2.24. The summed E-state index contributed by atoms with van der Waals surface area (Å²) in [4.78, 5) is 0. The lowest BCUT2D eigenvalue weighted by Gasteiger charge is -2.27. The van der Waals surface area contributed by atoms with Crippen LogP contribution in [-0.2, 0) is 21.2 Å². The van der Waals surface area contributed by atoms with Crippen LogP contribution in [0.1, 0.15) is 45.6 Å². The Labute approximate surface area is 206 Å². The Bertz CT molecular complexity index is 763. The minimum atomic E-state index is -3.38. The second-order valence-corrected chi connectivity index (χ2v) is 10.4. The molecule has 1 aromatic carbocycles. The van der Waals surface area contributed by atoms with Crippen LogP contribution in [-0.4, -0.2) is 65.4 Å². The van der Waals surface area contributed by atoms with E-state index in [0.717, 1.165) is 18.4 Å². The van der Waals surface area contributed by atoms with Crippen molar-refractivity contribution in [3.63, 3.8) is 0 Å². The highest BCUT2D eigenvalue weighted by molar-refractivity contribution is 7.89.